The molecule has 0 spiro atoms. The van der Waals surface area contributed by atoms with Gasteiger partial charge >= 0.3 is 5.97 Å². The number of likely N-dealkylation sites (tertiary alicyclic amines) is 1. The number of amides is 1. The monoisotopic (exact) mass is 371 g/mol. The van der Waals surface area contributed by atoms with E-state index in [4.69, 9.17) is 4.74 Å². The first-order valence-corrected chi connectivity index (χ1v) is 9.17. The summed E-state index contributed by atoms with van der Waals surface area (Å²) in [7, 11) is 1.38. The van der Waals surface area contributed by atoms with Gasteiger partial charge in [-0.2, -0.15) is 5.10 Å². The molecule has 1 atom stereocenters. The number of nitrogens with one attached hydrogen (secondary N) is 1. The van der Waals surface area contributed by atoms with E-state index in [0.29, 0.717) is 25.1 Å². The molecule has 1 aromatic heterocycles. The second kappa shape index (κ2) is 9.27. The fraction of sp³-hybridized carbons (Fsp3) is 0.474. The summed E-state index contributed by atoms with van der Waals surface area (Å²) < 4.78 is 6.45. The second-order valence-electron chi connectivity index (χ2n) is 6.59. The van der Waals surface area contributed by atoms with Crippen LogP contribution in [0.3, 0.4) is 0 Å². The van der Waals surface area contributed by atoms with Gasteiger partial charge in [-0.25, -0.2) is 9.78 Å². The van der Waals surface area contributed by atoms with Gasteiger partial charge in [-0.3, -0.25) is 9.48 Å². The molecule has 2 heterocycles. The number of methoxy groups -OCH3 is 1. The topological polar surface area (TPSA) is 89.4 Å². The summed E-state index contributed by atoms with van der Waals surface area (Å²) in [5.74, 6) is -0.107. The van der Waals surface area contributed by atoms with E-state index in [1.54, 1.807) is 23.1 Å². The van der Waals surface area contributed by atoms with Gasteiger partial charge in [-0.1, -0.05) is 12.1 Å². The standard InChI is InChI=1S/C19H25N5O3/c1-27-19(26)16-4-2-15(3-5-16)12-20-9-8-17-6-7-18(25)24(17)11-10-23-14-21-13-22-23/h2-5,13-14,17,20H,6-12H2,1H3. The maximum absolute atomic E-state index is 12.1. The molecule has 1 unspecified atom stereocenters. The van der Waals surface area contributed by atoms with E-state index in [1.807, 2.05) is 17.0 Å². The molecule has 0 saturated carbocycles. The van der Waals surface area contributed by atoms with Gasteiger partial charge in [-0.15, -0.1) is 0 Å². The maximum Gasteiger partial charge on any atom is 0.337 e. The van der Waals surface area contributed by atoms with Crippen molar-refractivity contribution in [3.8, 4) is 0 Å². The van der Waals surface area contributed by atoms with E-state index in [0.717, 1.165) is 31.5 Å². The maximum atomic E-state index is 12.1. The van der Waals surface area contributed by atoms with Crippen molar-refractivity contribution in [2.24, 2.45) is 0 Å². The Morgan fingerprint density at radius 1 is 1.30 bits per heavy atom. The van der Waals surface area contributed by atoms with Crippen LogP contribution in [0.1, 0.15) is 35.2 Å². The van der Waals surface area contributed by atoms with Crippen LogP contribution >= 0.6 is 0 Å². The Morgan fingerprint density at radius 3 is 2.81 bits per heavy atom. The van der Waals surface area contributed by atoms with Crippen LogP contribution in [0, 0.1) is 0 Å². The fourth-order valence-electron chi connectivity index (χ4n) is 3.34. The highest BCUT2D eigenvalue weighted by Gasteiger charge is 2.29. The van der Waals surface area contributed by atoms with E-state index in [2.05, 4.69) is 15.4 Å². The number of nitrogens with zero attached hydrogens (tertiary/aromatic N) is 4. The SMILES string of the molecule is COC(=O)c1ccc(CNCCC2CCC(=O)N2CCn2cncn2)cc1. The lowest BCUT2D eigenvalue weighted by molar-refractivity contribution is -0.129. The minimum absolute atomic E-state index is 0.221. The Kier molecular flexibility index (Phi) is 6.54. The van der Waals surface area contributed by atoms with E-state index < -0.39 is 0 Å². The van der Waals surface area contributed by atoms with Crippen molar-refractivity contribution < 1.29 is 14.3 Å². The van der Waals surface area contributed by atoms with E-state index >= 15 is 0 Å². The number of benzene rings is 1. The molecule has 8 nitrogen and oxygen atoms in total. The molecule has 3 rings (SSSR count). The van der Waals surface area contributed by atoms with E-state index in [1.165, 1.54) is 13.4 Å². The molecular weight excluding hydrogens is 346 g/mol. The molecule has 1 N–H and O–H groups in total. The second-order valence-corrected chi connectivity index (χ2v) is 6.59. The zero-order valence-corrected chi connectivity index (χ0v) is 15.5. The first-order chi connectivity index (χ1) is 13.2. The van der Waals surface area contributed by atoms with Crippen LogP contribution in [0.25, 0.3) is 0 Å². The molecular formula is C19H25N5O3. The highest BCUT2D eigenvalue weighted by atomic mass is 16.5. The number of aromatic nitrogens is 3. The predicted octanol–water partition coefficient (Wildman–Crippen LogP) is 1.24. The van der Waals surface area contributed by atoms with Crippen molar-refractivity contribution in [1.82, 2.24) is 25.0 Å². The number of hydrogen-bond donors (Lipinski definition) is 1. The highest BCUT2D eigenvalue weighted by Crippen LogP contribution is 2.21. The summed E-state index contributed by atoms with van der Waals surface area (Å²) in [6.45, 7) is 2.89. The van der Waals surface area contributed by atoms with E-state index in [9.17, 15) is 9.59 Å². The molecule has 0 radical (unpaired) electrons. The Morgan fingerprint density at radius 2 is 2.11 bits per heavy atom. The smallest absolute Gasteiger partial charge is 0.337 e. The number of carbonyl (C=O) groups excluding carboxylic acids is 2. The van der Waals surface area contributed by atoms with Crippen molar-refractivity contribution in [2.75, 3.05) is 20.2 Å². The van der Waals surface area contributed by atoms with Gasteiger partial charge in [-0.05, 0) is 37.1 Å². The van der Waals surface area contributed by atoms with Crippen molar-refractivity contribution >= 4 is 11.9 Å². The molecule has 1 aliphatic rings. The molecule has 1 fully saturated rings. The number of carbonyl (C=O) groups is 2. The van der Waals surface area contributed by atoms with Crippen LogP contribution in [-0.2, 0) is 22.6 Å². The van der Waals surface area contributed by atoms with Crippen molar-refractivity contribution in [3.63, 3.8) is 0 Å². The van der Waals surface area contributed by atoms with Crippen LogP contribution in [0.4, 0.5) is 0 Å². The first-order valence-electron chi connectivity index (χ1n) is 9.17. The van der Waals surface area contributed by atoms with Gasteiger partial charge in [0, 0.05) is 25.6 Å². The van der Waals surface area contributed by atoms with Gasteiger partial charge in [0.2, 0.25) is 5.91 Å². The Hall–Kier alpha value is -2.74. The van der Waals surface area contributed by atoms with Crippen LogP contribution in [-0.4, -0.2) is 57.8 Å². The van der Waals surface area contributed by atoms with Crippen LogP contribution in [0.2, 0.25) is 0 Å². The van der Waals surface area contributed by atoms with Crippen LogP contribution in [0.15, 0.2) is 36.9 Å². The fourth-order valence-corrected chi connectivity index (χ4v) is 3.34. The van der Waals surface area contributed by atoms with Crippen molar-refractivity contribution in [3.05, 3.63) is 48.0 Å². The molecule has 1 aromatic carbocycles. The minimum Gasteiger partial charge on any atom is -0.465 e. The Labute approximate surface area is 158 Å². The lowest BCUT2D eigenvalue weighted by Gasteiger charge is -2.25. The summed E-state index contributed by atoms with van der Waals surface area (Å²) >= 11 is 0. The van der Waals surface area contributed by atoms with Gasteiger partial charge in [0.15, 0.2) is 0 Å². The third-order valence-electron chi connectivity index (χ3n) is 4.85. The van der Waals surface area contributed by atoms with Crippen molar-refractivity contribution in [2.45, 2.75) is 38.4 Å². The molecule has 1 saturated heterocycles. The zero-order valence-electron chi connectivity index (χ0n) is 15.5. The lowest BCUT2D eigenvalue weighted by Crippen LogP contribution is -2.37. The normalized spacial score (nSPS) is 16.7. The average molecular weight is 371 g/mol. The first kappa shape index (κ1) is 19.0. The molecule has 1 amide bonds. The largest absolute Gasteiger partial charge is 0.465 e. The van der Waals surface area contributed by atoms with Gasteiger partial charge in [0.25, 0.3) is 0 Å². The molecule has 8 heteroatoms. The molecule has 0 bridgehead atoms. The quantitative estimate of drug-likeness (QED) is 0.527. The van der Waals surface area contributed by atoms with Gasteiger partial charge < -0.3 is 15.0 Å². The zero-order chi connectivity index (χ0) is 19.1. The summed E-state index contributed by atoms with van der Waals surface area (Å²) in [5.41, 5.74) is 1.65. The predicted molar refractivity (Wildman–Crippen MR) is 98.9 cm³/mol. The molecule has 0 aliphatic carbocycles. The summed E-state index contributed by atoms with van der Waals surface area (Å²) in [4.78, 5) is 29.5. The lowest BCUT2D eigenvalue weighted by atomic mass is 10.1. The number of ether oxygens (including phenoxy) is 1. The molecule has 2 aromatic rings. The summed E-state index contributed by atoms with van der Waals surface area (Å²) in [6, 6.07) is 7.65. The van der Waals surface area contributed by atoms with Crippen LogP contribution < -0.4 is 5.32 Å². The molecule has 144 valence electrons. The molecule has 27 heavy (non-hydrogen) atoms. The van der Waals surface area contributed by atoms with Gasteiger partial charge in [0.1, 0.15) is 12.7 Å². The third kappa shape index (κ3) is 5.13. The number of rotatable bonds is 9. The highest BCUT2D eigenvalue weighted by molar-refractivity contribution is 5.89. The summed E-state index contributed by atoms with van der Waals surface area (Å²) in [6.07, 6.45) is 5.62. The van der Waals surface area contributed by atoms with E-state index in [-0.39, 0.29) is 17.9 Å². The number of esters is 1. The minimum atomic E-state index is -0.327. The molecule has 1 aliphatic heterocycles. The summed E-state index contributed by atoms with van der Waals surface area (Å²) in [5, 5.41) is 7.50. The van der Waals surface area contributed by atoms with Gasteiger partial charge in [0.05, 0.1) is 19.2 Å². The Balaban J connectivity index is 1.41. The third-order valence-corrected chi connectivity index (χ3v) is 4.85. The number of hydrogen-bond acceptors (Lipinski definition) is 6. The Bertz CT molecular complexity index is 745. The average Bonchev–Trinajstić information content (AvgIpc) is 3.33. The van der Waals surface area contributed by atoms with Crippen LogP contribution in [0.5, 0.6) is 0 Å². The van der Waals surface area contributed by atoms with Crippen molar-refractivity contribution in [1.29, 1.82) is 0 Å².